The lowest BCUT2D eigenvalue weighted by Gasteiger charge is -2.07. The number of aryl methyl sites for hydroxylation is 2. The largest absolute Gasteiger partial charge is 0.396 e. The van der Waals surface area contributed by atoms with Gasteiger partial charge in [0.1, 0.15) is 0 Å². The molecule has 0 fully saturated rings. The summed E-state index contributed by atoms with van der Waals surface area (Å²) in [6.45, 7) is 4.51. The number of hydrogen-bond acceptors (Lipinski definition) is 1. The molecule has 1 aromatic rings. The van der Waals surface area contributed by atoms with Crippen LogP contribution in [0, 0.1) is 6.07 Å². The van der Waals surface area contributed by atoms with Gasteiger partial charge >= 0.3 is 0 Å². The molecular weight excluding hydrogens is 160 g/mol. The number of benzene rings is 1. The number of aliphatic hydroxyl groups is 1. The van der Waals surface area contributed by atoms with Gasteiger partial charge in [-0.2, -0.15) is 0 Å². The smallest absolute Gasteiger partial charge is 0.0471 e. The molecule has 13 heavy (non-hydrogen) atoms. The van der Waals surface area contributed by atoms with E-state index in [2.05, 4.69) is 26.0 Å². The molecule has 0 heterocycles. The molecule has 0 atom stereocenters. The fraction of sp³-hybridized carbons (Fsp3) is 0.500. The molecule has 71 valence electrons. The van der Waals surface area contributed by atoms with Gasteiger partial charge in [-0.05, 0) is 42.0 Å². The second-order valence-electron chi connectivity index (χ2n) is 3.19. The minimum atomic E-state index is 0.217. The summed E-state index contributed by atoms with van der Waals surface area (Å²) in [6, 6.07) is 7.50. The third kappa shape index (κ3) is 2.56. The third-order valence-corrected chi connectivity index (χ3v) is 2.33. The molecule has 1 N–H and O–H groups in total. The Morgan fingerprint density at radius 2 is 2.08 bits per heavy atom. The number of aliphatic hydroxyl groups excluding tert-OH is 1. The van der Waals surface area contributed by atoms with Crippen molar-refractivity contribution in [3.8, 4) is 0 Å². The second kappa shape index (κ2) is 5.03. The molecule has 0 aromatic heterocycles. The molecule has 0 unspecified atom stereocenters. The van der Waals surface area contributed by atoms with Gasteiger partial charge in [-0.3, -0.25) is 0 Å². The molecule has 0 aliphatic carbocycles. The molecule has 1 nitrogen and oxygen atoms in total. The Morgan fingerprint density at radius 1 is 1.31 bits per heavy atom. The highest BCUT2D eigenvalue weighted by molar-refractivity contribution is 5.31. The summed E-state index contributed by atoms with van der Waals surface area (Å²) in [5.41, 5.74) is 3.83. The summed E-state index contributed by atoms with van der Waals surface area (Å²) >= 11 is 0. The lowest BCUT2D eigenvalue weighted by atomic mass is 9.99. The van der Waals surface area contributed by atoms with E-state index in [9.17, 15) is 0 Å². The van der Waals surface area contributed by atoms with Crippen molar-refractivity contribution in [2.75, 3.05) is 6.61 Å². The molecule has 0 aliphatic rings. The summed E-state index contributed by atoms with van der Waals surface area (Å²) in [5.74, 6) is 0. The van der Waals surface area contributed by atoms with E-state index in [1.54, 1.807) is 0 Å². The van der Waals surface area contributed by atoms with Crippen LogP contribution in [0.4, 0.5) is 0 Å². The maximum atomic E-state index is 8.85. The summed E-state index contributed by atoms with van der Waals surface area (Å²) in [7, 11) is 0. The predicted molar refractivity (Wildman–Crippen MR) is 54.8 cm³/mol. The van der Waals surface area contributed by atoms with Gasteiger partial charge in [-0.15, -0.1) is 0 Å². The minimum absolute atomic E-state index is 0.217. The van der Waals surface area contributed by atoms with E-state index in [-0.39, 0.29) is 6.61 Å². The molecule has 1 aromatic carbocycles. The van der Waals surface area contributed by atoms with Gasteiger partial charge in [-0.1, -0.05) is 26.0 Å². The van der Waals surface area contributed by atoms with Crippen LogP contribution in [0.15, 0.2) is 12.1 Å². The van der Waals surface area contributed by atoms with Crippen LogP contribution < -0.4 is 0 Å². The molecule has 0 bridgehead atoms. The van der Waals surface area contributed by atoms with Gasteiger partial charge < -0.3 is 5.11 Å². The topological polar surface area (TPSA) is 20.2 Å². The number of rotatable bonds is 4. The quantitative estimate of drug-likeness (QED) is 0.747. The van der Waals surface area contributed by atoms with Crippen molar-refractivity contribution in [3.63, 3.8) is 0 Å². The molecule has 1 rings (SSSR count). The van der Waals surface area contributed by atoms with E-state index in [4.69, 9.17) is 5.11 Å². The normalized spacial score (nSPS) is 10.4. The maximum Gasteiger partial charge on any atom is 0.0471 e. The highest BCUT2D eigenvalue weighted by Gasteiger charge is 2.01. The Bertz CT molecular complexity index is 266. The summed E-state index contributed by atoms with van der Waals surface area (Å²) in [4.78, 5) is 0. The van der Waals surface area contributed by atoms with Gasteiger partial charge in [-0.25, -0.2) is 0 Å². The zero-order chi connectivity index (χ0) is 9.68. The molecule has 0 spiro atoms. The van der Waals surface area contributed by atoms with Gasteiger partial charge in [0.15, 0.2) is 0 Å². The number of hydrogen-bond donors (Lipinski definition) is 1. The lowest BCUT2D eigenvalue weighted by molar-refractivity contribution is 0.299. The average molecular weight is 177 g/mol. The van der Waals surface area contributed by atoms with Crippen molar-refractivity contribution >= 4 is 0 Å². The van der Waals surface area contributed by atoms with E-state index in [0.29, 0.717) is 0 Å². The Hall–Kier alpha value is -0.820. The molecule has 0 amide bonds. The van der Waals surface area contributed by atoms with Crippen molar-refractivity contribution in [1.82, 2.24) is 0 Å². The standard InChI is InChI=1S/C12H17O/c1-3-10-5-6-12(7-8-13)11(4-2)9-10/h5,9,13H,3-4,7-8H2,1-2H3. The van der Waals surface area contributed by atoms with Crippen LogP contribution in [0.25, 0.3) is 0 Å². The second-order valence-corrected chi connectivity index (χ2v) is 3.19. The van der Waals surface area contributed by atoms with E-state index >= 15 is 0 Å². The summed E-state index contributed by atoms with van der Waals surface area (Å²) in [6.07, 6.45) is 2.82. The first-order valence-corrected chi connectivity index (χ1v) is 4.95. The van der Waals surface area contributed by atoms with E-state index < -0.39 is 0 Å². The first-order valence-electron chi connectivity index (χ1n) is 4.95. The summed E-state index contributed by atoms with van der Waals surface area (Å²) in [5, 5.41) is 8.85. The van der Waals surface area contributed by atoms with Crippen LogP contribution in [0.1, 0.15) is 30.5 Å². The SMILES string of the molecule is CCc1c[c]c(CCO)c(CC)c1. The van der Waals surface area contributed by atoms with Crippen LogP contribution in [0.2, 0.25) is 0 Å². The van der Waals surface area contributed by atoms with E-state index in [1.165, 1.54) is 16.7 Å². The van der Waals surface area contributed by atoms with Gasteiger partial charge in [0, 0.05) is 6.61 Å². The van der Waals surface area contributed by atoms with Gasteiger partial charge in [0.25, 0.3) is 0 Å². The van der Waals surface area contributed by atoms with Gasteiger partial charge in [0.05, 0.1) is 0 Å². The molecule has 0 aliphatic heterocycles. The first-order chi connectivity index (χ1) is 6.31. The van der Waals surface area contributed by atoms with Crippen molar-refractivity contribution < 1.29 is 5.11 Å². The Morgan fingerprint density at radius 3 is 2.62 bits per heavy atom. The Labute approximate surface area is 80.4 Å². The minimum Gasteiger partial charge on any atom is -0.396 e. The molecule has 0 saturated heterocycles. The first kappa shape index (κ1) is 10.3. The fourth-order valence-corrected chi connectivity index (χ4v) is 1.49. The lowest BCUT2D eigenvalue weighted by Crippen LogP contribution is -1.98. The zero-order valence-corrected chi connectivity index (χ0v) is 8.43. The third-order valence-electron chi connectivity index (χ3n) is 2.33. The molecular formula is C12H17O. The van der Waals surface area contributed by atoms with Crippen molar-refractivity contribution in [2.24, 2.45) is 0 Å². The van der Waals surface area contributed by atoms with Crippen LogP contribution in [-0.4, -0.2) is 11.7 Å². The van der Waals surface area contributed by atoms with Crippen LogP contribution in [-0.2, 0) is 19.3 Å². The predicted octanol–water partition coefficient (Wildman–Crippen LogP) is 2.15. The fourth-order valence-electron chi connectivity index (χ4n) is 1.49. The van der Waals surface area contributed by atoms with E-state index in [0.717, 1.165) is 19.3 Å². The highest BCUT2D eigenvalue weighted by Crippen LogP contribution is 2.13. The Balaban J connectivity index is 2.93. The van der Waals surface area contributed by atoms with Gasteiger partial charge in [0.2, 0.25) is 0 Å². The zero-order valence-electron chi connectivity index (χ0n) is 8.43. The average Bonchev–Trinajstić information content (AvgIpc) is 2.19. The van der Waals surface area contributed by atoms with Crippen LogP contribution in [0.5, 0.6) is 0 Å². The monoisotopic (exact) mass is 177 g/mol. The highest BCUT2D eigenvalue weighted by atomic mass is 16.2. The summed E-state index contributed by atoms with van der Waals surface area (Å²) < 4.78 is 0. The van der Waals surface area contributed by atoms with Crippen LogP contribution in [0.3, 0.4) is 0 Å². The van der Waals surface area contributed by atoms with Crippen molar-refractivity contribution in [3.05, 3.63) is 34.9 Å². The van der Waals surface area contributed by atoms with Crippen molar-refractivity contribution in [1.29, 1.82) is 0 Å². The Kier molecular flexibility index (Phi) is 3.97. The van der Waals surface area contributed by atoms with Crippen LogP contribution >= 0.6 is 0 Å². The molecule has 0 saturated carbocycles. The molecule has 1 radical (unpaired) electrons. The van der Waals surface area contributed by atoms with Crippen molar-refractivity contribution in [2.45, 2.75) is 33.1 Å². The van der Waals surface area contributed by atoms with E-state index in [1.807, 2.05) is 6.07 Å². The molecule has 1 heteroatoms. The maximum absolute atomic E-state index is 8.85.